The molecule has 2 aromatic rings. The molecule has 1 fully saturated rings. The van der Waals surface area contributed by atoms with Crippen molar-refractivity contribution in [3.8, 4) is 0 Å². The van der Waals surface area contributed by atoms with Crippen LogP contribution in [0, 0.1) is 0 Å². The molecule has 0 bridgehead atoms. The Morgan fingerprint density at radius 2 is 2.05 bits per heavy atom. The van der Waals surface area contributed by atoms with E-state index in [1.54, 1.807) is 12.1 Å². The number of halogens is 1. The second kappa shape index (κ2) is 4.53. The summed E-state index contributed by atoms with van der Waals surface area (Å²) in [4.78, 5) is 11.8. The van der Waals surface area contributed by atoms with Crippen molar-refractivity contribution in [1.29, 1.82) is 0 Å². The van der Waals surface area contributed by atoms with E-state index in [0.29, 0.717) is 23.6 Å². The van der Waals surface area contributed by atoms with Crippen LogP contribution in [0.15, 0.2) is 18.2 Å². The maximum absolute atomic E-state index is 11.8. The number of rotatable bonds is 2. The van der Waals surface area contributed by atoms with Crippen LogP contribution in [0.4, 0.5) is 0 Å². The standard InChI is InChI=1S/C14H15ClN2O2/c15-9-4-5-11-10(8-9)12(17-16-11)14(13(18)19)6-2-1-3-7-14/h4-5,8H,1-3,6-7H2,(H,16,17)(H,18,19). The summed E-state index contributed by atoms with van der Waals surface area (Å²) >= 11 is 6.02. The van der Waals surface area contributed by atoms with Crippen LogP contribution >= 0.6 is 11.6 Å². The number of aromatic amines is 1. The lowest BCUT2D eigenvalue weighted by Crippen LogP contribution is -2.38. The lowest BCUT2D eigenvalue weighted by molar-refractivity contribution is -0.145. The molecular formula is C14H15ClN2O2. The average molecular weight is 279 g/mol. The summed E-state index contributed by atoms with van der Waals surface area (Å²) in [6.45, 7) is 0. The molecule has 0 atom stereocenters. The van der Waals surface area contributed by atoms with Crippen molar-refractivity contribution in [2.75, 3.05) is 0 Å². The molecule has 0 spiro atoms. The van der Waals surface area contributed by atoms with Gasteiger partial charge in [-0.15, -0.1) is 0 Å². The molecule has 19 heavy (non-hydrogen) atoms. The number of carboxylic acid groups (broad SMARTS) is 1. The zero-order valence-electron chi connectivity index (χ0n) is 10.4. The molecule has 0 unspecified atom stereocenters. The maximum Gasteiger partial charge on any atom is 0.315 e. The van der Waals surface area contributed by atoms with E-state index in [1.165, 1.54) is 0 Å². The van der Waals surface area contributed by atoms with Gasteiger partial charge in [0.2, 0.25) is 0 Å². The number of H-pyrrole nitrogens is 1. The first kappa shape index (κ1) is 12.5. The fraction of sp³-hybridized carbons (Fsp3) is 0.429. The van der Waals surface area contributed by atoms with Crippen molar-refractivity contribution in [3.05, 3.63) is 28.9 Å². The summed E-state index contributed by atoms with van der Waals surface area (Å²) in [7, 11) is 0. The first-order valence-corrected chi connectivity index (χ1v) is 6.89. The Labute approximate surface area is 115 Å². The fourth-order valence-electron chi connectivity index (χ4n) is 3.07. The number of aliphatic carboxylic acids is 1. The SMILES string of the molecule is O=C(O)C1(c2[nH]nc3ccc(Cl)cc23)CCCCC1. The van der Waals surface area contributed by atoms with Crippen LogP contribution < -0.4 is 0 Å². The number of nitrogens with one attached hydrogen (secondary N) is 1. The van der Waals surface area contributed by atoms with Crippen LogP contribution in [-0.4, -0.2) is 21.3 Å². The zero-order valence-corrected chi connectivity index (χ0v) is 11.2. The molecule has 1 aliphatic carbocycles. The number of nitrogens with zero attached hydrogens (tertiary/aromatic N) is 1. The highest BCUT2D eigenvalue weighted by atomic mass is 35.5. The molecule has 1 heterocycles. The van der Waals surface area contributed by atoms with Crippen LogP contribution in [0.2, 0.25) is 5.02 Å². The summed E-state index contributed by atoms with van der Waals surface area (Å²) in [6.07, 6.45) is 4.29. The minimum atomic E-state index is -0.836. The fourth-order valence-corrected chi connectivity index (χ4v) is 3.25. The average Bonchev–Trinajstić information content (AvgIpc) is 2.82. The van der Waals surface area contributed by atoms with E-state index in [9.17, 15) is 9.90 Å². The monoisotopic (exact) mass is 278 g/mol. The Morgan fingerprint density at radius 3 is 2.74 bits per heavy atom. The van der Waals surface area contributed by atoms with Crippen LogP contribution in [0.25, 0.3) is 10.9 Å². The van der Waals surface area contributed by atoms with E-state index in [2.05, 4.69) is 10.2 Å². The summed E-state index contributed by atoms with van der Waals surface area (Å²) in [6, 6.07) is 5.38. The summed E-state index contributed by atoms with van der Waals surface area (Å²) in [5.74, 6) is -0.766. The number of aromatic nitrogens is 2. The van der Waals surface area contributed by atoms with Crippen molar-refractivity contribution in [2.24, 2.45) is 0 Å². The third-order valence-corrected chi connectivity index (χ3v) is 4.35. The predicted molar refractivity (Wildman–Crippen MR) is 73.5 cm³/mol. The molecule has 100 valence electrons. The Hall–Kier alpha value is -1.55. The highest BCUT2D eigenvalue weighted by molar-refractivity contribution is 6.31. The molecule has 2 N–H and O–H groups in total. The van der Waals surface area contributed by atoms with Gasteiger partial charge in [-0.3, -0.25) is 9.89 Å². The van der Waals surface area contributed by atoms with Gasteiger partial charge in [-0.05, 0) is 31.0 Å². The molecular weight excluding hydrogens is 264 g/mol. The maximum atomic E-state index is 11.8. The minimum Gasteiger partial charge on any atom is -0.481 e. The van der Waals surface area contributed by atoms with Gasteiger partial charge >= 0.3 is 5.97 Å². The summed E-state index contributed by atoms with van der Waals surface area (Å²) < 4.78 is 0. The Bertz CT molecular complexity index is 629. The minimum absolute atomic E-state index is 0.603. The zero-order chi connectivity index (χ0) is 13.5. The van der Waals surface area contributed by atoms with E-state index in [-0.39, 0.29) is 0 Å². The van der Waals surface area contributed by atoms with Gasteiger partial charge in [-0.2, -0.15) is 5.10 Å². The number of benzene rings is 1. The number of hydrogen-bond donors (Lipinski definition) is 2. The lowest BCUT2D eigenvalue weighted by Gasteiger charge is -2.32. The molecule has 1 aliphatic rings. The molecule has 4 nitrogen and oxygen atoms in total. The van der Waals surface area contributed by atoms with Gasteiger partial charge < -0.3 is 5.11 Å². The van der Waals surface area contributed by atoms with Crippen LogP contribution in [0.5, 0.6) is 0 Å². The van der Waals surface area contributed by atoms with Gasteiger partial charge in [0.1, 0.15) is 5.41 Å². The number of fused-ring (bicyclic) bond motifs is 1. The van der Waals surface area contributed by atoms with Gasteiger partial charge in [0.05, 0.1) is 11.2 Å². The quantitative estimate of drug-likeness (QED) is 0.883. The van der Waals surface area contributed by atoms with Crippen LogP contribution in [0.3, 0.4) is 0 Å². The molecule has 5 heteroatoms. The van der Waals surface area contributed by atoms with E-state index in [0.717, 1.165) is 30.2 Å². The van der Waals surface area contributed by atoms with E-state index in [1.807, 2.05) is 6.07 Å². The van der Waals surface area contributed by atoms with E-state index >= 15 is 0 Å². The van der Waals surface area contributed by atoms with Crippen molar-refractivity contribution in [3.63, 3.8) is 0 Å². The third kappa shape index (κ3) is 1.91. The summed E-state index contributed by atoms with van der Waals surface area (Å²) in [5.41, 5.74) is 0.639. The molecule has 1 aromatic carbocycles. The van der Waals surface area contributed by atoms with Gasteiger partial charge in [0.25, 0.3) is 0 Å². The Morgan fingerprint density at radius 1 is 1.32 bits per heavy atom. The second-order valence-electron chi connectivity index (χ2n) is 5.21. The van der Waals surface area contributed by atoms with Gasteiger partial charge in [0, 0.05) is 10.4 Å². The van der Waals surface area contributed by atoms with E-state index in [4.69, 9.17) is 11.6 Å². The topological polar surface area (TPSA) is 66.0 Å². The molecule has 1 aromatic heterocycles. The normalized spacial score (nSPS) is 18.6. The molecule has 1 saturated carbocycles. The molecule has 0 amide bonds. The van der Waals surface area contributed by atoms with E-state index < -0.39 is 11.4 Å². The number of carboxylic acids is 1. The third-order valence-electron chi connectivity index (χ3n) is 4.11. The number of hydrogen-bond acceptors (Lipinski definition) is 2. The first-order chi connectivity index (χ1) is 9.13. The van der Waals surface area contributed by atoms with Gasteiger partial charge in [0.15, 0.2) is 0 Å². The molecule has 0 saturated heterocycles. The summed E-state index contributed by atoms with van der Waals surface area (Å²) in [5, 5.41) is 18.3. The number of carbonyl (C=O) groups is 1. The van der Waals surface area contributed by atoms with Crippen LogP contribution in [-0.2, 0) is 10.2 Å². The van der Waals surface area contributed by atoms with Crippen molar-refractivity contribution in [2.45, 2.75) is 37.5 Å². The van der Waals surface area contributed by atoms with Crippen molar-refractivity contribution >= 4 is 28.5 Å². The first-order valence-electron chi connectivity index (χ1n) is 6.51. The highest BCUT2D eigenvalue weighted by Gasteiger charge is 2.43. The molecule has 0 radical (unpaired) electrons. The molecule has 3 rings (SSSR count). The van der Waals surface area contributed by atoms with Gasteiger partial charge in [-0.1, -0.05) is 30.9 Å². The smallest absolute Gasteiger partial charge is 0.315 e. The largest absolute Gasteiger partial charge is 0.481 e. The highest BCUT2D eigenvalue weighted by Crippen LogP contribution is 2.41. The van der Waals surface area contributed by atoms with Crippen molar-refractivity contribution < 1.29 is 9.90 Å². The lowest BCUT2D eigenvalue weighted by atomic mass is 9.71. The van der Waals surface area contributed by atoms with Crippen LogP contribution in [0.1, 0.15) is 37.8 Å². The van der Waals surface area contributed by atoms with Crippen molar-refractivity contribution in [1.82, 2.24) is 10.2 Å². The Balaban J connectivity index is 2.20. The molecule has 0 aliphatic heterocycles. The van der Waals surface area contributed by atoms with Gasteiger partial charge in [-0.25, -0.2) is 0 Å². The predicted octanol–water partition coefficient (Wildman–Crippen LogP) is 3.50. The second-order valence-corrected chi connectivity index (χ2v) is 5.64. The Kier molecular flexibility index (Phi) is 2.97.